The third kappa shape index (κ3) is 8.39. The van der Waals surface area contributed by atoms with Crippen LogP contribution in [0.5, 0.6) is 0 Å². The number of benzene rings is 4. The number of anilines is 2. The predicted octanol–water partition coefficient (Wildman–Crippen LogP) is 6.43. The molecule has 0 aliphatic carbocycles. The third-order valence-electron chi connectivity index (χ3n) is 6.06. The van der Waals surface area contributed by atoms with Gasteiger partial charge in [0, 0.05) is 34.0 Å². The van der Waals surface area contributed by atoms with Crippen molar-refractivity contribution in [3.05, 3.63) is 136 Å². The van der Waals surface area contributed by atoms with E-state index in [2.05, 4.69) is 16.0 Å². The summed E-state index contributed by atoms with van der Waals surface area (Å²) in [4.78, 5) is 49.8. The van der Waals surface area contributed by atoms with Crippen LogP contribution >= 0.6 is 11.8 Å². The molecule has 42 heavy (non-hydrogen) atoms. The number of nitrogens with zero attached hydrogens (tertiary/aromatic N) is 1. The highest BCUT2D eigenvalue weighted by Crippen LogP contribution is 2.26. The molecule has 0 fully saturated rings. The highest BCUT2D eigenvalue weighted by atomic mass is 32.2. The number of hydrogen-bond donors (Lipinski definition) is 3. The van der Waals surface area contributed by atoms with Gasteiger partial charge in [0.2, 0.25) is 5.91 Å². The standard InChI is InChI=1S/C32H28N4O5S/c1-21-8-10-23(11-9-21)20-29(35-31(38)24-6-4-3-5-7-24)32(39)34-26-14-18-28(19-15-26)42-22(2)30(37)33-25-12-16-27(17-13-25)36(40)41/h3-20,22H,1-2H3,(H,33,37)(H,34,39)(H,35,38)/b29-20-. The molecule has 4 rings (SSSR count). The number of thioether (sulfide) groups is 1. The number of aryl methyl sites for hydroxylation is 1. The lowest BCUT2D eigenvalue weighted by atomic mass is 10.1. The van der Waals surface area contributed by atoms with E-state index in [9.17, 15) is 24.5 Å². The molecular formula is C32H28N4O5S. The maximum Gasteiger partial charge on any atom is 0.272 e. The Morgan fingerprint density at radius 1 is 0.810 bits per heavy atom. The van der Waals surface area contributed by atoms with Gasteiger partial charge in [0.05, 0.1) is 10.2 Å². The first-order valence-electron chi connectivity index (χ1n) is 13.0. The van der Waals surface area contributed by atoms with Gasteiger partial charge in [-0.25, -0.2) is 0 Å². The molecule has 1 unspecified atom stereocenters. The van der Waals surface area contributed by atoms with Crippen molar-refractivity contribution in [1.82, 2.24) is 5.32 Å². The van der Waals surface area contributed by atoms with Gasteiger partial charge >= 0.3 is 0 Å². The minimum atomic E-state index is -0.502. The summed E-state index contributed by atoms with van der Waals surface area (Å²) >= 11 is 1.32. The predicted molar refractivity (Wildman–Crippen MR) is 165 cm³/mol. The Labute approximate surface area is 247 Å². The number of nitrogens with one attached hydrogen (secondary N) is 3. The Hall–Kier alpha value is -5.22. The quantitative estimate of drug-likeness (QED) is 0.0857. The van der Waals surface area contributed by atoms with Crippen molar-refractivity contribution in [3.8, 4) is 0 Å². The van der Waals surface area contributed by atoms with Gasteiger partial charge in [-0.3, -0.25) is 24.5 Å². The lowest BCUT2D eigenvalue weighted by Crippen LogP contribution is -2.30. The van der Waals surface area contributed by atoms with E-state index in [1.807, 2.05) is 31.2 Å². The second kappa shape index (κ2) is 13.9. The SMILES string of the molecule is Cc1ccc(/C=C(\NC(=O)c2ccccc2)C(=O)Nc2ccc(SC(C)C(=O)Nc3ccc([N+](=O)[O-])cc3)cc2)cc1. The molecule has 212 valence electrons. The van der Waals surface area contributed by atoms with Gasteiger partial charge in [0.15, 0.2) is 0 Å². The van der Waals surface area contributed by atoms with E-state index >= 15 is 0 Å². The molecule has 0 aliphatic heterocycles. The van der Waals surface area contributed by atoms with Crippen molar-refractivity contribution in [1.29, 1.82) is 0 Å². The van der Waals surface area contributed by atoms with Gasteiger partial charge < -0.3 is 16.0 Å². The summed E-state index contributed by atoms with van der Waals surface area (Å²) in [6.45, 7) is 3.71. The molecule has 0 radical (unpaired) electrons. The molecule has 1 atom stereocenters. The third-order valence-corrected chi connectivity index (χ3v) is 7.17. The fourth-order valence-electron chi connectivity index (χ4n) is 3.76. The zero-order valence-electron chi connectivity index (χ0n) is 22.9. The Kier molecular flexibility index (Phi) is 9.85. The van der Waals surface area contributed by atoms with Gasteiger partial charge in [-0.15, -0.1) is 11.8 Å². The van der Waals surface area contributed by atoms with Crippen LogP contribution < -0.4 is 16.0 Å². The van der Waals surface area contributed by atoms with Crippen LogP contribution in [-0.2, 0) is 9.59 Å². The number of non-ortho nitro benzene ring substituents is 1. The average molecular weight is 581 g/mol. The Morgan fingerprint density at radius 2 is 1.40 bits per heavy atom. The number of carbonyl (C=O) groups is 3. The van der Waals surface area contributed by atoms with E-state index in [-0.39, 0.29) is 17.3 Å². The zero-order valence-corrected chi connectivity index (χ0v) is 23.7. The van der Waals surface area contributed by atoms with Crippen molar-refractivity contribution < 1.29 is 19.3 Å². The zero-order chi connectivity index (χ0) is 30.1. The van der Waals surface area contributed by atoms with Crippen molar-refractivity contribution in [2.45, 2.75) is 24.0 Å². The fraction of sp³-hybridized carbons (Fsp3) is 0.0938. The molecule has 0 spiro atoms. The summed E-state index contributed by atoms with van der Waals surface area (Å²) in [6.07, 6.45) is 1.62. The van der Waals surface area contributed by atoms with Gasteiger partial charge in [-0.05, 0) is 74.0 Å². The van der Waals surface area contributed by atoms with Crippen LogP contribution in [0.15, 0.2) is 114 Å². The summed E-state index contributed by atoms with van der Waals surface area (Å²) in [5, 5.41) is 18.6. The Balaban J connectivity index is 1.40. The van der Waals surface area contributed by atoms with Crippen LogP contribution in [0.2, 0.25) is 0 Å². The van der Waals surface area contributed by atoms with E-state index in [0.717, 1.165) is 16.0 Å². The topological polar surface area (TPSA) is 130 Å². The molecule has 0 heterocycles. The largest absolute Gasteiger partial charge is 0.325 e. The highest BCUT2D eigenvalue weighted by Gasteiger charge is 2.17. The summed E-state index contributed by atoms with van der Waals surface area (Å²) in [7, 11) is 0. The molecular weight excluding hydrogens is 552 g/mol. The Bertz CT molecular complexity index is 1600. The minimum Gasteiger partial charge on any atom is -0.325 e. The van der Waals surface area contributed by atoms with Gasteiger partial charge in [0.1, 0.15) is 5.70 Å². The molecule has 4 aromatic carbocycles. The van der Waals surface area contributed by atoms with Crippen LogP contribution in [0.25, 0.3) is 6.08 Å². The van der Waals surface area contributed by atoms with Crippen LogP contribution in [-0.4, -0.2) is 27.9 Å². The summed E-state index contributed by atoms with van der Waals surface area (Å²) in [5.74, 6) is -1.15. The van der Waals surface area contributed by atoms with E-state index in [0.29, 0.717) is 16.9 Å². The van der Waals surface area contributed by atoms with Crippen LogP contribution in [0, 0.1) is 17.0 Å². The molecule has 0 bridgehead atoms. The lowest BCUT2D eigenvalue weighted by molar-refractivity contribution is -0.384. The van der Waals surface area contributed by atoms with Crippen LogP contribution in [0.4, 0.5) is 17.1 Å². The van der Waals surface area contributed by atoms with E-state index in [1.165, 1.54) is 36.0 Å². The van der Waals surface area contributed by atoms with Crippen molar-refractivity contribution in [2.75, 3.05) is 10.6 Å². The summed E-state index contributed by atoms with van der Waals surface area (Å²) in [5.41, 5.74) is 3.25. The van der Waals surface area contributed by atoms with Gasteiger partial charge in [-0.2, -0.15) is 0 Å². The number of nitro benzene ring substituents is 1. The van der Waals surface area contributed by atoms with Crippen molar-refractivity contribution in [2.24, 2.45) is 0 Å². The number of hydrogen-bond acceptors (Lipinski definition) is 6. The smallest absolute Gasteiger partial charge is 0.272 e. The van der Waals surface area contributed by atoms with Crippen LogP contribution in [0.1, 0.15) is 28.4 Å². The second-order valence-corrected chi connectivity index (χ2v) is 10.7. The number of nitro groups is 1. The first kappa shape index (κ1) is 29.8. The molecule has 3 amide bonds. The molecule has 0 saturated carbocycles. The Morgan fingerprint density at radius 3 is 2.02 bits per heavy atom. The maximum absolute atomic E-state index is 13.2. The molecule has 10 heteroatoms. The van der Waals surface area contributed by atoms with E-state index in [1.54, 1.807) is 67.6 Å². The van der Waals surface area contributed by atoms with Gasteiger partial charge in [-0.1, -0.05) is 48.0 Å². The maximum atomic E-state index is 13.2. The van der Waals surface area contributed by atoms with Crippen molar-refractivity contribution in [3.63, 3.8) is 0 Å². The molecule has 0 saturated heterocycles. The second-order valence-electron chi connectivity index (χ2n) is 9.32. The molecule has 0 aromatic heterocycles. The molecule has 0 aliphatic rings. The summed E-state index contributed by atoms with van der Waals surface area (Å²) < 4.78 is 0. The van der Waals surface area contributed by atoms with E-state index in [4.69, 9.17) is 0 Å². The molecule has 9 nitrogen and oxygen atoms in total. The lowest BCUT2D eigenvalue weighted by Gasteiger charge is -2.13. The first-order chi connectivity index (χ1) is 20.2. The first-order valence-corrected chi connectivity index (χ1v) is 13.8. The molecule has 4 aromatic rings. The van der Waals surface area contributed by atoms with Crippen LogP contribution in [0.3, 0.4) is 0 Å². The number of carbonyl (C=O) groups excluding carboxylic acids is 3. The monoisotopic (exact) mass is 580 g/mol. The highest BCUT2D eigenvalue weighted by molar-refractivity contribution is 8.00. The number of rotatable bonds is 10. The summed E-state index contributed by atoms with van der Waals surface area (Å²) in [6, 6.07) is 28.8. The average Bonchev–Trinajstić information content (AvgIpc) is 2.99. The van der Waals surface area contributed by atoms with Gasteiger partial charge in [0.25, 0.3) is 17.5 Å². The fourth-order valence-corrected chi connectivity index (χ4v) is 4.62. The van der Waals surface area contributed by atoms with Crippen molar-refractivity contribution >= 4 is 52.6 Å². The minimum absolute atomic E-state index is 0.0565. The van der Waals surface area contributed by atoms with E-state index < -0.39 is 22.0 Å². The molecule has 3 N–H and O–H groups in total. The number of amides is 3. The normalized spacial score (nSPS) is 11.7.